The zero-order valence-electron chi connectivity index (χ0n) is 13.7. The molecule has 1 aliphatic carbocycles. The number of hydrogen-bond donors (Lipinski definition) is 0. The van der Waals surface area contributed by atoms with E-state index in [1.165, 1.54) is 24.0 Å². The van der Waals surface area contributed by atoms with E-state index in [1.54, 1.807) is 18.5 Å². The van der Waals surface area contributed by atoms with Crippen molar-refractivity contribution in [1.82, 2.24) is 10.0 Å². The second-order valence-electron chi connectivity index (χ2n) is 6.64. The van der Waals surface area contributed by atoms with Gasteiger partial charge in [-0.05, 0) is 76.6 Å². The van der Waals surface area contributed by atoms with Crippen LogP contribution in [0.15, 0.2) is 30.6 Å². The molecule has 1 amide bonds. The van der Waals surface area contributed by atoms with Gasteiger partial charge in [-0.25, -0.2) is 9.45 Å². The molecule has 1 fully saturated rings. The Kier molecular flexibility index (Phi) is 4.73. The van der Waals surface area contributed by atoms with Crippen LogP contribution in [-0.4, -0.2) is 29.1 Å². The van der Waals surface area contributed by atoms with Gasteiger partial charge in [-0.2, -0.15) is 0 Å². The Bertz CT molecular complexity index is 823. The third kappa shape index (κ3) is 3.69. The first-order valence-electron chi connectivity index (χ1n) is 8.46. The molecule has 2 heterocycles. The minimum Gasteiger partial charge on any atom is -0.270 e. The zero-order chi connectivity index (χ0) is 17.4. The number of rotatable bonds is 5. The highest BCUT2D eigenvalue weighted by molar-refractivity contribution is 14.1. The second-order valence-corrected chi connectivity index (χ2v) is 7.89. The fraction of sp³-hybridized carbons (Fsp3) is 0.368. The zero-order valence-corrected chi connectivity index (χ0v) is 15.8. The molecule has 0 N–H and O–H groups in total. The maximum atomic E-state index is 14.2. The molecule has 0 saturated heterocycles. The van der Waals surface area contributed by atoms with Gasteiger partial charge in [0.15, 0.2) is 0 Å². The van der Waals surface area contributed by atoms with Gasteiger partial charge >= 0.3 is 0 Å². The van der Waals surface area contributed by atoms with Crippen LogP contribution in [0, 0.1) is 15.3 Å². The highest BCUT2D eigenvalue weighted by atomic mass is 127. The molecule has 0 unspecified atom stereocenters. The van der Waals surface area contributed by atoms with E-state index in [4.69, 9.17) is 4.84 Å². The normalized spacial score (nSPS) is 16.9. The topological polar surface area (TPSA) is 42.4 Å². The summed E-state index contributed by atoms with van der Waals surface area (Å²) in [4.78, 5) is 22.8. The molecular weight excluding hydrogens is 434 g/mol. The van der Waals surface area contributed by atoms with Crippen molar-refractivity contribution in [1.29, 1.82) is 0 Å². The molecule has 1 aromatic carbocycles. The van der Waals surface area contributed by atoms with Crippen molar-refractivity contribution in [3.8, 4) is 0 Å². The van der Waals surface area contributed by atoms with Crippen LogP contribution in [0.3, 0.4) is 0 Å². The van der Waals surface area contributed by atoms with E-state index < -0.39 is 0 Å². The number of amides is 1. The molecular formula is C19H18FIN2O2. The van der Waals surface area contributed by atoms with Crippen molar-refractivity contribution in [3.05, 3.63) is 62.2 Å². The monoisotopic (exact) mass is 452 g/mol. The van der Waals surface area contributed by atoms with Crippen LogP contribution in [-0.2, 0) is 17.7 Å². The SMILES string of the molecule is O=C1c2c(cncc2Cc2ccc(I)cc2F)CCN1OCC1CC1. The van der Waals surface area contributed by atoms with E-state index in [0.29, 0.717) is 43.0 Å². The lowest BCUT2D eigenvalue weighted by molar-refractivity contribution is -0.129. The highest BCUT2D eigenvalue weighted by Gasteiger charge is 2.30. The number of pyridine rings is 1. The first-order valence-corrected chi connectivity index (χ1v) is 9.54. The molecule has 0 spiro atoms. The van der Waals surface area contributed by atoms with Crippen molar-refractivity contribution in [2.75, 3.05) is 13.2 Å². The van der Waals surface area contributed by atoms with E-state index in [1.807, 2.05) is 6.07 Å². The molecule has 0 radical (unpaired) electrons. The summed E-state index contributed by atoms with van der Waals surface area (Å²) in [5.41, 5.74) is 2.86. The van der Waals surface area contributed by atoms with Gasteiger partial charge in [0.05, 0.1) is 18.7 Å². The summed E-state index contributed by atoms with van der Waals surface area (Å²) in [6, 6.07) is 5.14. The third-order valence-electron chi connectivity index (χ3n) is 4.69. The number of fused-ring (bicyclic) bond motifs is 1. The quantitative estimate of drug-likeness (QED) is 0.650. The van der Waals surface area contributed by atoms with Gasteiger partial charge < -0.3 is 0 Å². The van der Waals surface area contributed by atoms with E-state index in [2.05, 4.69) is 27.6 Å². The number of carbonyl (C=O) groups excluding carboxylic acids is 1. The largest absolute Gasteiger partial charge is 0.278 e. The number of aromatic nitrogens is 1. The lowest BCUT2D eigenvalue weighted by Crippen LogP contribution is -2.39. The maximum absolute atomic E-state index is 14.2. The standard InChI is InChI=1S/C19H18FIN2O2/c20-17-8-16(21)4-3-13(17)7-15-10-22-9-14-5-6-23(19(24)18(14)15)25-11-12-1-2-12/h3-4,8-10,12H,1-2,5-7,11H2. The van der Waals surface area contributed by atoms with Gasteiger partial charge in [0.2, 0.25) is 0 Å². The van der Waals surface area contributed by atoms with Crippen molar-refractivity contribution < 1.29 is 14.0 Å². The second kappa shape index (κ2) is 6.99. The van der Waals surface area contributed by atoms with Crippen LogP contribution < -0.4 is 0 Å². The Morgan fingerprint density at radius 3 is 2.88 bits per heavy atom. The first-order chi connectivity index (χ1) is 12.1. The summed E-state index contributed by atoms with van der Waals surface area (Å²) >= 11 is 2.08. The number of carbonyl (C=O) groups is 1. The molecule has 0 bridgehead atoms. The fourth-order valence-electron chi connectivity index (χ4n) is 3.07. The van der Waals surface area contributed by atoms with Gasteiger partial charge in [-0.3, -0.25) is 14.6 Å². The van der Waals surface area contributed by atoms with Crippen LogP contribution >= 0.6 is 22.6 Å². The Hall–Kier alpha value is -1.54. The van der Waals surface area contributed by atoms with Crippen molar-refractivity contribution in [2.45, 2.75) is 25.7 Å². The maximum Gasteiger partial charge on any atom is 0.278 e. The number of hydroxylamine groups is 2. The van der Waals surface area contributed by atoms with Gasteiger partial charge in [0.25, 0.3) is 5.91 Å². The molecule has 130 valence electrons. The van der Waals surface area contributed by atoms with Crippen LogP contribution in [0.1, 0.15) is 39.9 Å². The van der Waals surface area contributed by atoms with Crippen LogP contribution in [0.4, 0.5) is 4.39 Å². The summed E-state index contributed by atoms with van der Waals surface area (Å²) in [6.07, 6.45) is 6.82. The van der Waals surface area contributed by atoms with E-state index >= 15 is 0 Å². The lowest BCUT2D eigenvalue weighted by atomic mass is 9.94. The summed E-state index contributed by atoms with van der Waals surface area (Å²) in [6.45, 7) is 1.15. The van der Waals surface area contributed by atoms with Crippen molar-refractivity contribution in [2.24, 2.45) is 5.92 Å². The Labute approximate surface area is 159 Å². The molecule has 1 aliphatic heterocycles. The molecule has 0 atom stereocenters. The molecule has 4 rings (SSSR count). The molecule has 6 heteroatoms. The highest BCUT2D eigenvalue weighted by Crippen LogP contribution is 2.30. The molecule has 25 heavy (non-hydrogen) atoms. The Morgan fingerprint density at radius 2 is 2.12 bits per heavy atom. The van der Waals surface area contributed by atoms with Gasteiger partial charge in [-0.1, -0.05) is 6.07 Å². The summed E-state index contributed by atoms with van der Waals surface area (Å²) in [5, 5.41) is 1.47. The molecule has 2 aromatic rings. The Balaban J connectivity index is 1.60. The average molecular weight is 452 g/mol. The smallest absolute Gasteiger partial charge is 0.270 e. The van der Waals surface area contributed by atoms with Crippen LogP contribution in [0.25, 0.3) is 0 Å². The summed E-state index contributed by atoms with van der Waals surface area (Å²) < 4.78 is 15.1. The number of hydrogen-bond acceptors (Lipinski definition) is 3. The van der Waals surface area contributed by atoms with Crippen molar-refractivity contribution >= 4 is 28.5 Å². The molecule has 1 aromatic heterocycles. The van der Waals surface area contributed by atoms with Gasteiger partial charge in [0.1, 0.15) is 5.82 Å². The van der Waals surface area contributed by atoms with Crippen molar-refractivity contribution in [3.63, 3.8) is 0 Å². The minimum atomic E-state index is -0.255. The predicted molar refractivity (Wildman–Crippen MR) is 99.6 cm³/mol. The van der Waals surface area contributed by atoms with Gasteiger partial charge in [0, 0.05) is 22.4 Å². The minimum absolute atomic E-state index is 0.134. The summed E-state index contributed by atoms with van der Waals surface area (Å²) in [5.74, 6) is 0.201. The first kappa shape index (κ1) is 16.9. The van der Waals surface area contributed by atoms with E-state index in [0.717, 1.165) is 14.7 Å². The number of benzene rings is 1. The van der Waals surface area contributed by atoms with Gasteiger partial charge in [-0.15, -0.1) is 0 Å². The lowest BCUT2D eigenvalue weighted by Gasteiger charge is -2.28. The fourth-order valence-corrected chi connectivity index (χ4v) is 3.53. The van der Waals surface area contributed by atoms with E-state index in [-0.39, 0.29) is 11.7 Å². The average Bonchev–Trinajstić information content (AvgIpc) is 3.41. The number of halogens is 2. The molecule has 2 aliphatic rings. The van der Waals surface area contributed by atoms with Crippen LogP contribution in [0.2, 0.25) is 0 Å². The van der Waals surface area contributed by atoms with E-state index in [9.17, 15) is 9.18 Å². The third-order valence-corrected chi connectivity index (χ3v) is 5.36. The number of nitrogens with zero attached hydrogens (tertiary/aromatic N) is 2. The Morgan fingerprint density at radius 1 is 1.28 bits per heavy atom. The summed E-state index contributed by atoms with van der Waals surface area (Å²) in [7, 11) is 0. The molecule has 4 nitrogen and oxygen atoms in total. The van der Waals surface area contributed by atoms with Crippen LogP contribution in [0.5, 0.6) is 0 Å². The molecule has 1 saturated carbocycles. The predicted octanol–water partition coefficient (Wildman–Crippen LogP) is 3.76.